The number of unbranched alkanes of at least 4 members (excludes halogenated alkanes) is 1. The lowest BCUT2D eigenvalue weighted by Crippen LogP contribution is -2.51. The van der Waals surface area contributed by atoms with Crippen molar-refractivity contribution in [2.24, 2.45) is 52.3 Å². The van der Waals surface area contributed by atoms with Crippen molar-refractivity contribution in [3.05, 3.63) is 23.8 Å². The average Bonchev–Trinajstić information content (AvgIpc) is 3.59. The van der Waals surface area contributed by atoms with E-state index in [-0.39, 0.29) is 12.1 Å². The van der Waals surface area contributed by atoms with E-state index in [0.717, 1.165) is 66.4 Å². The first-order chi connectivity index (χ1) is 19.7. The summed E-state index contributed by atoms with van der Waals surface area (Å²) in [6.45, 7) is 14.9. The first-order valence-electron chi connectivity index (χ1n) is 17.5. The van der Waals surface area contributed by atoms with E-state index in [4.69, 9.17) is 4.74 Å². The van der Waals surface area contributed by atoms with Crippen molar-refractivity contribution in [3.8, 4) is 0 Å². The molecular formula is C37H60O2S2. The van der Waals surface area contributed by atoms with Crippen molar-refractivity contribution >= 4 is 27.6 Å². The predicted octanol–water partition coefficient (Wildman–Crippen LogP) is 11.1. The maximum absolute atomic E-state index is 12.7. The Morgan fingerprint density at radius 3 is 2.61 bits per heavy atom. The summed E-state index contributed by atoms with van der Waals surface area (Å²) in [6.07, 6.45) is 24.7. The van der Waals surface area contributed by atoms with Crippen molar-refractivity contribution in [2.75, 3.05) is 5.75 Å². The summed E-state index contributed by atoms with van der Waals surface area (Å²) in [5.74, 6) is 6.85. The van der Waals surface area contributed by atoms with E-state index in [2.05, 4.69) is 59.8 Å². The summed E-state index contributed by atoms with van der Waals surface area (Å²) < 4.78 is 6.09. The Morgan fingerprint density at radius 1 is 1.05 bits per heavy atom. The fraction of sp³-hybridized carbons (Fsp3) is 0.865. The Labute approximate surface area is 260 Å². The molecule has 232 valence electrons. The molecular weight excluding hydrogens is 541 g/mol. The van der Waals surface area contributed by atoms with Gasteiger partial charge in [-0.1, -0.05) is 93.4 Å². The standard InChI is InChI=1S/C37H60O2S2/c1-7-27(25(2)3)13-12-26(4)32-16-17-33-31-15-14-28-24-29(18-21-36(28,5)34(31)19-22-37(32,33)6)39-35(38)11-9-8-10-30-20-23-40-41-30/h12-14,25-27,29-34H,7-11,15-24H2,1-6H3/b13-12+/t26?,27?,29-,30?,31?,32?,33?,34?,36-,37+/m0/s1. The van der Waals surface area contributed by atoms with Gasteiger partial charge in [0.05, 0.1) is 0 Å². The molecule has 0 aromatic rings. The zero-order chi connectivity index (χ0) is 29.2. The SMILES string of the molecule is CCC(/C=C/C(C)C1CCC2C3CC=C4C[C@@H](OC(=O)CCCCC5CCSS5)CC[C@]4(C)C3CC[C@]12C)C(C)C. The number of ether oxygens (including phenoxy) is 1. The molecule has 0 aromatic carbocycles. The van der Waals surface area contributed by atoms with Gasteiger partial charge >= 0.3 is 5.97 Å². The summed E-state index contributed by atoms with van der Waals surface area (Å²) in [7, 11) is 4.06. The maximum atomic E-state index is 12.7. The van der Waals surface area contributed by atoms with Crippen LogP contribution in [0, 0.1) is 52.3 Å². The molecule has 0 N–H and O–H groups in total. The Kier molecular flexibility index (Phi) is 10.7. The zero-order valence-electron chi connectivity index (χ0n) is 27.2. The monoisotopic (exact) mass is 600 g/mol. The predicted molar refractivity (Wildman–Crippen MR) is 179 cm³/mol. The molecule has 10 atom stereocenters. The fourth-order valence-electron chi connectivity index (χ4n) is 10.4. The van der Waals surface area contributed by atoms with Crippen molar-refractivity contribution in [3.63, 3.8) is 0 Å². The molecule has 1 saturated heterocycles. The molecule has 7 unspecified atom stereocenters. The Bertz CT molecular complexity index is 951. The third-order valence-electron chi connectivity index (χ3n) is 12.9. The highest BCUT2D eigenvalue weighted by molar-refractivity contribution is 8.77. The Hall–Kier alpha value is -0.350. The van der Waals surface area contributed by atoms with E-state index in [1.54, 1.807) is 5.57 Å². The summed E-state index contributed by atoms with van der Waals surface area (Å²) in [6, 6.07) is 0. The summed E-state index contributed by atoms with van der Waals surface area (Å²) >= 11 is 0. The van der Waals surface area contributed by atoms with Gasteiger partial charge in [-0.2, -0.15) is 0 Å². The molecule has 4 aliphatic carbocycles. The number of rotatable bonds is 11. The second kappa shape index (κ2) is 13.7. The molecule has 1 aliphatic heterocycles. The van der Waals surface area contributed by atoms with Crippen LogP contribution >= 0.6 is 21.6 Å². The lowest BCUT2D eigenvalue weighted by atomic mass is 9.47. The lowest BCUT2D eigenvalue weighted by molar-refractivity contribution is -0.151. The molecule has 4 heteroatoms. The van der Waals surface area contributed by atoms with Crippen molar-refractivity contribution in [2.45, 2.75) is 143 Å². The van der Waals surface area contributed by atoms with E-state index in [9.17, 15) is 4.79 Å². The van der Waals surface area contributed by atoms with Gasteiger partial charge in [0.2, 0.25) is 0 Å². The maximum Gasteiger partial charge on any atom is 0.306 e. The summed E-state index contributed by atoms with van der Waals surface area (Å²) in [4.78, 5) is 12.7. The largest absolute Gasteiger partial charge is 0.462 e. The van der Waals surface area contributed by atoms with Gasteiger partial charge < -0.3 is 4.74 Å². The highest BCUT2D eigenvalue weighted by atomic mass is 33.1. The molecule has 0 spiro atoms. The van der Waals surface area contributed by atoms with E-state index in [1.807, 2.05) is 21.6 Å². The van der Waals surface area contributed by atoms with Crippen LogP contribution in [0.4, 0.5) is 0 Å². The molecule has 3 saturated carbocycles. The minimum absolute atomic E-state index is 0.0496. The first-order valence-corrected chi connectivity index (χ1v) is 19.9. The van der Waals surface area contributed by atoms with Crippen molar-refractivity contribution in [1.82, 2.24) is 0 Å². The molecule has 4 fully saturated rings. The number of hydrogen-bond acceptors (Lipinski definition) is 4. The lowest BCUT2D eigenvalue weighted by Gasteiger charge is -2.58. The van der Waals surface area contributed by atoms with Crippen molar-refractivity contribution in [1.29, 1.82) is 0 Å². The number of hydrogen-bond donors (Lipinski definition) is 0. The van der Waals surface area contributed by atoms with Gasteiger partial charge in [0, 0.05) is 23.8 Å². The van der Waals surface area contributed by atoms with Crippen LogP contribution in [0.1, 0.15) is 131 Å². The quantitative estimate of drug-likeness (QED) is 0.102. The van der Waals surface area contributed by atoms with Gasteiger partial charge in [-0.05, 0) is 123 Å². The van der Waals surface area contributed by atoms with Crippen LogP contribution in [0.5, 0.6) is 0 Å². The Morgan fingerprint density at radius 2 is 1.88 bits per heavy atom. The van der Waals surface area contributed by atoms with Crippen LogP contribution in [-0.4, -0.2) is 23.1 Å². The summed E-state index contributed by atoms with van der Waals surface area (Å²) in [5, 5.41) is 0.811. The van der Waals surface area contributed by atoms with Crippen LogP contribution in [0.2, 0.25) is 0 Å². The molecule has 0 aromatic heterocycles. The third-order valence-corrected chi connectivity index (χ3v) is 15.9. The van der Waals surface area contributed by atoms with Crippen LogP contribution in [-0.2, 0) is 9.53 Å². The second-order valence-corrected chi connectivity index (χ2v) is 18.3. The first kappa shape index (κ1) is 32.1. The fourth-order valence-corrected chi connectivity index (χ4v) is 13.4. The molecule has 41 heavy (non-hydrogen) atoms. The van der Waals surface area contributed by atoms with Crippen LogP contribution in [0.25, 0.3) is 0 Å². The van der Waals surface area contributed by atoms with E-state index in [1.165, 1.54) is 63.5 Å². The van der Waals surface area contributed by atoms with E-state index < -0.39 is 0 Å². The number of carbonyl (C=O) groups excluding carboxylic acids is 1. The van der Waals surface area contributed by atoms with Gasteiger partial charge in [0.25, 0.3) is 0 Å². The number of allylic oxidation sites excluding steroid dienone is 3. The van der Waals surface area contributed by atoms with Gasteiger partial charge in [0.15, 0.2) is 0 Å². The molecule has 0 amide bonds. The van der Waals surface area contributed by atoms with E-state index in [0.29, 0.717) is 23.2 Å². The van der Waals surface area contributed by atoms with Gasteiger partial charge in [0.1, 0.15) is 6.10 Å². The zero-order valence-corrected chi connectivity index (χ0v) is 28.8. The third kappa shape index (κ3) is 6.84. The van der Waals surface area contributed by atoms with Gasteiger partial charge in [-0.25, -0.2) is 0 Å². The van der Waals surface area contributed by atoms with E-state index >= 15 is 0 Å². The number of esters is 1. The molecule has 0 bridgehead atoms. The topological polar surface area (TPSA) is 26.3 Å². The molecule has 5 aliphatic rings. The smallest absolute Gasteiger partial charge is 0.306 e. The van der Waals surface area contributed by atoms with Gasteiger partial charge in [-0.15, -0.1) is 0 Å². The van der Waals surface area contributed by atoms with Crippen molar-refractivity contribution < 1.29 is 9.53 Å². The molecule has 0 radical (unpaired) electrons. The highest BCUT2D eigenvalue weighted by Gasteiger charge is 2.59. The Balaban J connectivity index is 1.16. The van der Waals surface area contributed by atoms with Crippen LogP contribution < -0.4 is 0 Å². The molecule has 2 nitrogen and oxygen atoms in total. The van der Waals surface area contributed by atoms with Crippen LogP contribution in [0.15, 0.2) is 23.8 Å². The molecule has 5 rings (SSSR count). The normalized spacial score (nSPS) is 40.1. The average molecular weight is 601 g/mol. The highest BCUT2D eigenvalue weighted by Crippen LogP contribution is 2.67. The minimum atomic E-state index is 0.0496. The summed E-state index contributed by atoms with van der Waals surface area (Å²) in [5.41, 5.74) is 2.44. The minimum Gasteiger partial charge on any atom is -0.462 e. The molecule has 1 heterocycles. The van der Waals surface area contributed by atoms with Gasteiger partial charge in [-0.3, -0.25) is 4.79 Å². The van der Waals surface area contributed by atoms with Crippen LogP contribution in [0.3, 0.4) is 0 Å². The number of carbonyl (C=O) groups is 1. The second-order valence-electron chi connectivity index (χ2n) is 15.5. The number of fused-ring (bicyclic) bond motifs is 5.